The van der Waals surface area contributed by atoms with Crippen molar-refractivity contribution in [2.75, 3.05) is 12.4 Å². The molecule has 0 fully saturated rings. The number of nitrogens with zero attached hydrogens (tertiary/aromatic N) is 4. The molecule has 0 aliphatic carbocycles. The van der Waals surface area contributed by atoms with Gasteiger partial charge in [0, 0.05) is 29.7 Å². The van der Waals surface area contributed by atoms with Gasteiger partial charge in [0.15, 0.2) is 34.4 Å². The molecule has 7 nitrogen and oxygen atoms in total. The van der Waals surface area contributed by atoms with Crippen LogP contribution in [-0.4, -0.2) is 37.5 Å². The molecule has 0 radical (unpaired) electrons. The van der Waals surface area contributed by atoms with Crippen LogP contribution < -0.4 is 9.47 Å². The first-order chi connectivity index (χ1) is 16.4. The molecule has 2 aromatic carbocycles. The summed E-state index contributed by atoms with van der Waals surface area (Å²) < 4.78 is 29.3. The van der Waals surface area contributed by atoms with E-state index >= 15 is 0 Å². The molecule has 2 aromatic heterocycles. The van der Waals surface area contributed by atoms with Crippen molar-refractivity contribution in [1.82, 2.24) is 19.3 Å². The van der Waals surface area contributed by atoms with Crippen molar-refractivity contribution in [3.63, 3.8) is 0 Å². The lowest BCUT2D eigenvalue weighted by Gasteiger charge is -2.25. The van der Waals surface area contributed by atoms with Crippen molar-refractivity contribution in [3.05, 3.63) is 83.2 Å². The van der Waals surface area contributed by atoms with Crippen LogP contribution in [0.3, 0.4) is 0 Å². The highest BCUT2D eigenvalue weighted by atomic mass is 32.2. The van der Waals surface area contributed by atoms with Crippen LogP contribution in [0.4, 0.5) is 4.39 Å². The molecule has 174 valence electrons. The number of benzene rings is 2. The second kappa shape index (κ2) is 8.98. The van der Waals surface area contributed by atoms with Gasteiger partial charge >= 0.3 is 0 Å². The summed E-state index contributed by atoms with van der Waals surface area (Å²) in [4.78, 5) is 13.0. The number of rotatable bonds is 6. The van der Waals surface area contributed by atoms with E-state index in [0.29, 0.717) is 40.3 Å². The molecule has 4 aromatic rings. The van der Waals surface area contributed by atoms with Gasteiger partial charge in [-0.1, -0.05) is 30.0 Å². The van der Waals surface area contributed by atoms with Crippen LogP contribution in [0.5, 0.6) is 11.5 Å². The summed E-state index contributed by atoms with van der Waals surface area (Å²) in [6.45, 7) is 4.11. The monoisotopic (exact) mass is 478 g/mol. The molecule has 0 bridgehead atoms. The van der Waals surface area contributed by atoms with Crippen LogP contribution in [0, 0.1) is 19.7 Å². The second-order valence-electron chi connectivity index (χ2n) is 8.08. The first-order valence-corrected chi connectivity index (χ1v) is 11.8. The maximum Gasteiger partial charge on any atom is 0.192 e. The largest absolute Gasteiger partial charge is 0.485 e. The number of hydrogen-bond acceptors (Lipinski definition) is 6. The number of aryl methyl sites for hydroxylation is 1. The van der Waals surface area contributed by atoms with Gasteiger partial charge in [0.2, 0.25) is 0 Å². The van der Waals surface area contributed by atoms with E-state index in [1.807, 2.05) is 66.4 Å². The van der Waals surface area contributed by atoms with Gasteiger partial charge in [-0.3, -0.25) is 4.79 Å². The molecule has 5 rings (SSSR count). The summed E-state index contributed by atoms with van der Waals surface area (Å²) in [5.41, 5.74) is 2.94. The Balaban J connectivity index is 1.30. The van der Waals surface area contributed by atoms with Crippen LogP contribution in [0.15, 0.2) is 59.8 Å². The number of halogens is 1. The Kier molecular flexibility index (Phi) is 5.87. The smallest absolute Gasteiger partial charge is 0.192 e. The molecule has 0 saturated heterocycles. The van der Waals surface area contributed by atoms with E-state index in [4.69, 9.17) is 9.47 Å². The van der Waals surface area contributed by atoms with E-state index in [2.05, 4.69) is 10.2 Å². The van der Waals surface area contributed by atoms with Crippen molar-refractivity contribution in [1.29, 1.82) is 0 Å². The van der Waals surface area contributed by atoms with Gasteiger partial charge in [0.1, 0.15) is 12.4 Å². The Bertz CT molecular complexity index is 1380. The van der Waals surface area contributed by atoms with Crippen LogP contribution in [0.2, 0.25) is 0 Å². The molecular formula is C25H23FN4O3S. The van der Waals surface area contributed by atoms with Gasteiger partial charge in [-0.25, -0.2) is 4.39 Å². The summed E-state index contributed by atoms with van der Waals surface area (Å²) in [5.74, 6) is 1.86. The summed E-state index contributed by atoms with van der Waals surface area (Å²) >= 11 is 1.32. The van der Waals surface area contributed by atoms with E-state index in [1.54, 1.807) is 6.07 Å². The summed E-state index contributed by atoms with van der Waals surface area (Å²) in [6, 6.07) is 15.7. The highest BCUT2D eigenvalue weighted by Gasteiger charge is 2.28. The zero-order valence-electron chi connectivity index (χ0n) is 19.0. The number of carbonyl (C=O) groups is 1. The maximum atomic E-state index is 13.7. The fraction of sp³-hybridized carbons (Fsp3) is 0.240. The standard InChI is InChI=1S/C25H23FN4O3S/c1-15-11-19(16(2)30(15)18-8-6-7-17(26)12-18)20(31)14-34-25-28-27-24(29(25)3)23-13-32-21-9-4-5-10-22(21)33-23/h4-12,23H,13-14H2,1-3H3. The molecule has 0 saturated carbocycles. The number of fused-ring (bicyclic) bond motifs is 1. The molecule has 0 spiro atoms. The fourth-order valence-corrected chi connectivity index (χ4v) is 4.95. The Labute approximate surface area is 200 Å². The minimum Gasteiger partial charge on any atom is -0.485 e. The molecule has 1 aliphatic heterocycles. The summed E-state index contributed by atoms with van der Waals surface area (Å²) in [7, 11) is 1.85. The van der Waals surface area contributed by atoms with Gasteiger partial charge in [0.25, 0.3) is 0 Å². The third-order valence-corrected chi connectivity index (χ3v) is 6.82. The van der Waals surface area contributed by atoms with Crippen LogP contribution in [0.1, 0.15) is 33.7 Å². The Morgan fingerprint density at radius 1 is 1.12 bits per heavy atom. The Morgan fingerprint density at radius 2 is 1.91 bits per heavy atom. The average molecular weight is 479 g/mol. The average Bonchev–Trinajstić information content (AvgIpc) is 3.35. The zero-order chi connectivity index (χ0) is 23.8. The maximum absolute atomic E-state index is 13.7. The van der Waals surface area contributed by atoms with Crippen molar-refractivity contribution < 1.29 is 18.7 Å². The number of ketones is 1. The highest BCUT2D eigenvalue weighted by molar-refractivity contribution is 7.99. The number of ether oxygens (including phenoxy) is 2. The Morgan fingerprint density at radius 3 is 2.71 bits per heavy atom. The predicted octanol–water partition coefficient (Wildman–Crippen LogP) is 4.85. The minimum absolute atomic E-state index is 0.0310. The molecule has 1 atom stereocenters. The van der Waals surface area contributed by atoms with Crippen molar-refractivity contribution in [2.24, 2.45) is 7.05 Å². The number of aromatic nitrogens is 4. The molecule has 0 amide bonds. The topological polar surface area (TPSA) is 71.2 Å². The highest BCUT2D eigenvalue weighted by Crippen LogP contribution is 2.36. The van der Waals surface area contributed by atoms with Crippen molar-refractivity contribution in [3.8, 4) is 17.2 Å². The molecule has 34 heavy (non-hydrogen) atoms. The van der Waals surface area contributed by atoms with Gasteiger partial charge in [-0.05, 0) is 50.2 Å². The molecule has 0 N–H and O–H groups in total. The van der Waals surface area contributed by atoms with Crippen LogP contribution in [-0.2, 0) is 7.05 Å². The summed E-state index contributed by atoms with van der Waals surface area (Å²) in [6.07, 6.45) is -0.386. The fourth-order valence-electron chi connectivity index (χ4n) is 4.14. The minimum atomic E-state index is -0.386. The molecule has 1 unspecified atom stereocenters. The van der Waals surface area contributed by atoms with Crippen LogP contribution >= 0.6 is 11.8 Å². The molecular weight excluding hydrogens is 455 g/mol. The zero-order valence-corrected chi connectivity index (χ0v) is 19.8. The van der Waals surface area contributed by atoms with E-state index in [9.17, 15) is 9.18 Å². The van der Waals surface area contributed by atoms with Gasteiger partial charge in [-0.15, -0.1) is 10.2 Å². The first kappa shape index (κ1) is 22.2. The van der Waals surface area contributed by atoms with E-state index in [0.717, 1.165) is 11.4 Å². The number of Topliss-reactive ketones (excluding diaryl/α,β-unsaturated/α-hetero) is 1. The number of thioether (sulfide) groups is 1. The number of para-hydroxylation sites is 2. The third kappa shape index (κ3) is 4.07. The van der Waals surface area contributed by atoms with Crippen molar-refractivity contribution in [2.45, 2.75) is 25.1 Å². The van der Waals surface area contributed by atoms with E-state index in [-0.39, 0.29) is 23.5 Å². The predicted molar refractivity (Wildman–Crippen MR) is 127 cm³/mol. The lowest BCUT2D eigenvalue weighted by Crippen LogP contribution is -2.24. The van der Waals surface area contributed by atoms with Crippen molar-refractivity contribution >= 4 is 17.5 Å². The second-order valence-corrected chi connectivity index (χ2v) is 9.02. The molecule has 1 aliphatic rings. The first-order valence-electron chi connectivity index (χ1n) is 10.8. The van der Waals surface area contributed by atoms with Crippen LogP contribution in [0.25, 0.3) is 5.69 Å². The number of carbonyl (C=O) groups excluding carboxylic acids is 1. The van der Waals surface area contributed by atoms with Gasteiger partial charge < -0.3 is 18.6 Å². The van der Waals surface area contributed by atoms with E-state index in [1.165, 1.54) is 23.9 Å². The SMILES string of the molecule is Cc1cc(C(=O)CSc2nnc(C3COc4ccccc4O3)n2C)c(C)n1-c1cccc(F)c1. The van der Waals surface area contributed by atoms with E-state index < -0.39 is 0 Å². The molecule has 9 heteroatoms. The van der Waals surface area contributed by atoms with Gasteiger partial charge in [-0.2, -0.15) is 0 Å². The Hall–Kier alpha value is -3.59. The lowest BCUT2D eigenvalue weighted by atomic mass is 10.2. The third-order valence-electron chi connectivity index (χ3n) is 5.80. The van der Waals surface area contributed by atoms with Gasteiger partial charge in [0.05, 0.1) is 5.75 Å². The normalized spacial score (nSPS) is 14.9. The quantitative estimate of drug-likeness (QED) is 0.292. The summed E-state index contributed by atoms with van der Waals surface area (Å²) in [5, 5.41) is 9.15. The lowest BCUT2D eigenvalue weighted by molar-refractivity contribution is 0.0825. The number of hydrogen-bond donors (Lipinski definition) is 0. The molecule has 3 heterocycles.